The van der Waals surface area contributed by atoms with Crippen molar-refractivity contribution in [1.82, 2.24) is 4.98 Å². The lowest BCUT2D eigenvalue weighted by atomic mass is 9.71. The summed E-state index contributed by atoms with van der Waals surface area (Å²) in [5.74, 6) is 1.37. The molecule has 100 valence electrons. The minimum atomic E-state index is 0.0285. The maximum absolute atomic E-state index is 8.97. The third kappa shape index (κ3) is 3.45. The number of nitrogens with zero attached hydrogens (tertiary/aromatic N) is 1. The van der Waals surface area contributed by atoms with Crippen molar-refractivity contribution in [2.45, 2.75) is 52.7 Å². The number of aliphatic hydroxyl groups is 1. The second-order valence-corrected chi connectivity index (χ2v) is 6.32. The third-order valence-corrected chi connectivity index (χ3v) is 3.61. The monoisotopic (exact) mass is 249 g/mol. The van der Waals surface area contributed by atoms with Crippen molar-refractivity contribution in [3.63, 3.8) is 0 Å². The first kappa shape index (κ1) is 13.3. The fourth-order valence-corrected chi connectivity index (χ4v) is 3.09. The van der Waals surface area contributed by atoms with E-state index in [0.717, 1.165) is 18.4 Å². The highest BCUT2D eigenvalue weighted by Crippen LogP contribution is 2.39. The fourth-order valence-electron chi connectivity index (χ4n) is 3.09. The van der Waals surface area contributed by atoms with Crippen LogP contribution >= 0.6 is 0 Å². The zero-order valence-corrected chi connectivity index (χ0v) is 11.5. The van der Waals surface area contributed by atoms with E-state index >= 15 is 0 Å². The molecule has 1 aliphatic carbocycles. The van der Waals surface area contributed by atoms with Crippen molar-refractivity contribution in [3.8, 4) is 5.88 Å². The second-order valence-electron chi connectivity index (χ2n) is 6.32. The van der Waals surface area contributed by atoms with Gasteiger partial charge in [-0.15, -0.1) is 0 Å². The molecule has 2 rings (SSSR count). The first-order chi connectivity index (χ1) is 8.48. The summed E-state index contributed by atoms with van der Waals surface area (Å²) in [5, 5.41) is 8.97. The lowest BCUT2D eigenvalue weighted by Crippen LogP contribution is -2.34. The lowest BCUT2D eigenvalue weighted by molar-refractivity contribution is 0.0532. The van der Waals surface area contributed by atoms with Crippen molar-refractivity contribution in [2.75, 3.05) is 0 Å². The summed E-state index contributed by atoms with van der Waals surface area (Å²) < 4.78 is 5.97. The Kier molecular flexibility index (Phi) is 3.91. The molecule has 1 fully saturated rings. The first-order valence-corrected chi connectivity index (χ1v) is 6.71. The van der Waals surface area contributed by atoms with Gasteiger partial charge in [0.1, 0.15) is 6.10 Å². The molecule has 1 aromatic heterocycles. The molecule has 1 heterocycles. The maximum atomic E-state index is 8.97. The molecule has 0 radical (unpaired) electrons. The van der Waals surface area contributed by atoms with Gasteiger partial charge in [-0.2, -0.15) is 0 Å². The molecule has 1 saturated carbocycles. The minimum absolute atomic E-state index is 0.0285. The largest absolute Gasteiger partial charge is 0.474 e. The number of hydrogen-bond acceptors (Lipinski definition) is 3. The van der Waals surface area contributed by atoms with Crippen LogP contribution in [0.2, 0.25) is 0 Å². The van der Waals surface area contributed by atoms with Crippen LogP contribution in [0.15, 0.2) is 18.3 Å². The highest BCUT2D eigenvalue weighted by Gasteiger charge is 2.33. The Balaban J connectivity index is 1.99. The average Bonchev–Trinajstić information content (AvgIpc) is 2.27. The van der Waals surface area contributed by atoms with Gasteiger partial charge in [-0.25, -0.2) is 4.98 Å². The van der Waals surface area contributed by atoms with E-state index in [0.29, 0.717) is 17.2 Å². The molecule has 0 saturated heterocycles. The normalized spacial score (nSPS) is 26.9. The van der Waals surface area contributed by atoms with Crippen LogP contribution in [-0.2, 0) is 6.61 Å². The van der Waals surface area contributed by atoms with Gasteiger partial charge in [0.25, 0.3) is 0 Å². The van der Waals surface area contributed by atoms with Crippen LogP contribution < -0.4 is 4.74 Å². The molecule has 0 amide bonds. The third-order valence-electron chi connectivity index (χ3n) is 3.61. The smallest absolute Gasteiger partial charge is 0.213 e. The average molecular weight is 249 g/mol. The molecule has 3 heteroatoms. The Morgan fingerprint density at radius 1 is 1.39 bits per heavy atom. The van der Waals surface area contributed by atoms with E-state index in [9.17, 15) is 0 Å². The molecule has 1 aromatic rings. The molecular formula is C15H23NO2. The number of pyridine rings is 1. The number of aliphatic hydroxyl groups excluding tert-OH is 1. The van der Waals surface area contributed by atoms with Crippen molar-refractivity contribution in [2.24, 2.45) is 11.3 Å². The maximum Gasteiger partial charge on any atom is 0.213 e. The Labute approximate surface area is 109 Å². The summed E-state index contributed by atoms with van der Waals surface area (Å²) in [4.78, 5) is 4.23. The van der Waals surface area contributed by atoms with Crippen LogP contribution in [0, 0.1) is 11.3 Å². The topological polar surface area (TPSA) is 42.4 Å². The van der Waals surface area contributed by atoms with Crippen LogP contribution in [0.3, 0.4) is 0 Å². The number of hydrogen-bond donors (Lipinski definition) is 1. The van der Waals surface area contributed by atoms with E-state index in [-0.39, 0.29) is 12.7 Å². The summed E-state index contributed by atoms with van der Waals surface area (Å²) in [7, 11) is 0. The SMILES string of the molecule is CC1CC(Oc2ccc(CO)cn2)CC(C)(C)C1. The highest BCUT2D eigenvalue weighted by molar-refractivity contribution is 5.17. The van der Waals surface area contributed by atoms with Gasteiger partial charge in [-0.05, 0) is 42.2 Å². The summed E-state index contributed by atoms with van der Waals surface area (Å²) in [6.07, 6.45) is 5.39. The Bertz CT molecular complexity index is 386. The zero-order valence-electron chi connectivity index (χ0n) is 11.5. The van der Waals surface area contributed by atoms with E-state index in [1.807, 2.05) is 12.1 Å². The molecule has 0 aliphatic heterocycles. The van der Waals surface area contributed by atoms with E-state index in [1.54, 1.807) is 6.20 Å². The summed E-state index contributed by atoms with van der Waals surface area (Å²) >= 11 is 0. The van der Waals surface area contributed by atoms with E-state index < -0.39 is 0 Å². The second kappa shape index (κ2) is 5.27. The Hall–Kier alpha value is -1.09. The predicted molar refractivity (Wildman–Crippen MR) is 71.4 cm³/mol. The van der Waals surface area contributed by atoms with Gasteiger partial charge < -0.3 is 9.84 Å². The van der Waals surface area contributed by atoms with E-state index in [1.165, 1.54) is 6.42 Å². The minimum Gasteiger partial charge on any atom is -0.474 e. The predicted octanol–water partition coefficient (Wildman–Crippen LogP) is 3.17. The molecular weight excluding hydrogens is 226 g/mol. The van der Waals surface area contributed by atoms with Gasteiger partial charge in [0.2, 0.25) is 5.88 Å². The number of rotatable bonds is 3. The summed E-state index contributed by atoms with van der Waals surface area (Å²) in [6, 6.07) is 3.71. The van der Waals surface area contributed by atoms with Crippen LogP contribution in [-0.4, -0.2) is 16.2 Å². The van der Waals surface area contributed by atoms with Crippen LogP contribution in [0.4, 0.5) is 0 Å². The van der Waals surface area contributed by atoms with Gasteiger partial charge in [-0.3, -0.25) is 0 Å². The fraction of sp³-hybridized carbons (Fsp3) is 0.667. The van der Waals surface area contributed by atoms with Crippen molar-refractivity contribution in [1.29, 1.82) is 0 Å². The summed E-state index contributed by atoms with van der Waals surface area (Å²) in [5.41, 5.74) is 1.17. The molecule has 1 N–H and O–H groups in total. The van der Waals surface area contributed by atoms with Crippen molar-refractivity contribution < 1.29 is 9.84 Å². The lowest BCUT2D eigenvalue weighted by Gasteiger charge is -2.38. The molecule has 2 atom stereocenters. The van der Waals surface area contributed by atoms with E-state index in [4.69, 9.17) is 9.84 Å². The first-order valence-electron chi connectivity index (χ1n) is 6.71. The van der Waals surface area contributed by atoms with Gasteiger partial charge in [0.15, 0.2) is 0 Å². The Morgan fingerprint density at radius 2 is 2.17 bits per heavy atom. The molecule has 0 bridgehead atoms. The quantitative estimate of drug-likeness (QED) is 0.894. The molecule has 0 spiro atoms. The Morgan fingerprint density at radius 3 is 2.72 bits per heavy atom. The standard InChI is InChI=1S/C15H23NO2/c1-11-6-13(8-15(2,3)7-11)18-14-5-4-12(10-17)9-16-14/h4-5,9,11,13,17H,6-8,10H2,1-3H3. The summed E-state index contributed by atoms with van der Waals surface area (Å²) in [6.45, 7) is 6.93. The van der Waals surface area contributed by atoms with Crippen molar-refractivity contribution >= 4 is 0 Å². The number of aromatic nitrogens is 1. The molecule has 0 aromatic carbocycles. The van der Waals surface area contributed by atoms with Crippen LogP contribution in [0.25, 0.3) is 0 Å². The van der Waals surface area contributed by atoms with Gasteiger partial charge >= 0.3 is 0 Å². The molecule has 2 unspecified atom stereocenters. The van der Waals surface area contributed by atoms with Crippen LogP contribution in [0.5, 0.6) is 5.88 Å². The van der Waals surface area contributed by atoms with Gasteiger partial charge in [0, 0.05) is 12.3 Å². The van der Waals surface area contributed by atoms with Gasteiger partial charge in [-0.1, -0.05) is 20.8 Å². The molecule has 3 nitrogen and oxygen atoms in total. The zero-order chi connectivity index (χ0) is 13.2. The van der Waals surface area contributed by atoms with Crippen LogP contribution in [0.1, 0.15) is 45.6 Å². The van der Waals surface area contributed by atoms with Crippen molar-refractivity contribution in [3.05, 3.63) is 23.9 Å². The van der Waals surface area contributed by atoms with E-state index in [2.05, 4.69) is 25.8 Å². The molecule has 18 heavy (non-hydrogen) atoms. The highest BCUT2D eigenvalue weighted by atomic mass is 16.5. The number of ether oxygens (including phenoxy) is 1. The molecule has 1 aliphatic rings. The van der Waals surface area contributed by atoms with Gasteiger partial charge in [0.05, 0.1) is 6.61 Å².